The molecule has 200 valence electrons. The fraction of sp³-hybridized carbons (Fsp3) is 0.630. The number of aromatic nitrogens is 1. The van der Waals surface area contributed by atoms with Crippen molar-refractivity contribution in [2.45, 2.75) is 56.6 Å². The van der Waals surface area contributed by atoms with Crippen LogP contribution in [0.3, 0.4) is 0 Å². The molecular weight excluding hydrogens is 502 g/mol. The SMILES string of the molecule is C[C@]1(N2CCN(c3cc4cc(NC(=O)[C@@H]5CC56CCC(F)(F)CC6)ncc4cc3Cl)CC2)COC[C@H]1O. The Labute approximate surface area is 220 Å². The molecule has 2 aliphatic carbocycles. The van der Waals surface area contributed by atoms with Crippen molar-refractivity contribution in [2.24, 2.45) is 11.3 Å². The lowest BCUT2D eigenvalue weighted by atomic mass is 9.82. The van der Waals surface area contributed by atoms with Crippen molar-refractivity contribution in [2.75, 3.05) is 49.6 Å². The number of piperazine rings is 1. The van der Waals surface area contributed by atoms with Crippen LogP contribution in [0.4, 0.5) is 20.3 Å². The Kier molecular flexibility index (Phi) is 6.14. The molecule has 2 N–H and O–H groups in total. The van der Waals surface area contributed by atoms with E-state index in [9.17, 15) is 18.7 Å². The van der Waals surface area contributed by atoms with Gasteiger partial charge in [-0.2, -0.15) is 0 Å². The number of fused-ring (bicyclic) bond motifs is 1. The number of rotatable bonds is 4. The number of carbonyl (C=O) groups excluding carboxylic acids is 1. The summed E-state index contributed by atoms with van der Waals surface area (Å²) in [6, 6.07) is 5.77. The third-order valence-electron chi connectivity index (χ3n) is 9.25. The lowest BCUT2D eigenvalue weighted by molar-refractivity contribution is -0.119. The van der Waals surface area contributed by atoms with Crippen molar-refractivity contribution in [3.63, 3.8) is 0 Å². The summed E-state index contributed by atoms with van der Waals surface area (Å²) in [5.74, 6) is -2.48. The number of nitrogens with one attached hydrogen (secondary N) is 1. The van der Waals surface area contributed by atoms with Crippen LogP contribution in [-0.4, -0.2) is 77.9 Å². The maximum atomic E-state index is 13.6. The van der Waals surface area contributed by atoms with Gasteiger partial charge in [-0.15, -0.1) is 0 Å². The number of nitrogens with zero attached hydrogens (tertiary/aromatic N) is 3. The average molecular weight is 535 g/mol. The number of hydrogen-bond acceptors (Lipinski definition) is 6. The van der Waals surface area contributed by atoms with Gasteiger partial charge in [-0.05, 0) is 55.2 Å². The van der Waals surface area contributed by atoms with Crippen LogP contribution in [-0.2, 0) is 9.53 Å². The molecule has 3 atom stereocenters. The Bertz CT molecular complexity index is 1210. The topological polar surface area (TPSA) is 77.9 Å². The minimum Gasteiger partial charge on any atom is -0.389 e. The molecule has 2 saturated carbocycles. The molecule has 3 heterocycles. The zero-order valence-corrected chi connectivity index (χ0v) is 21.7. The quantitative estimate of drug-likeness (QED) is 0.608. The van der Waals surface area contributed by atoms with E-state index in [0.717, 1.165) is 42.6 Å². The number of hydrogen-bond donors (Lipinski definition) is 2. The highest BCUT2D eigenvalue weighted by atomic mass is 35.5. The molecule has 2 aliphatic heterocycles. The number of ether oxygens (including phenoxy) is 1. The van der Waals surface area contributed by atoms with Crippen LogP contribution in [0.1, 0.15) is 39.0 Å². The lowest BCUT2D eigenvalue weighted by Crippen LogP contribution is -2.60. The van der Waals surface area contributed by atoms with E-state index < -0.39 is 12.0 Å². The van der Waals surface area contributed by atoms with Crippen molar-refractivity contribution in [3.05, 3.63) is 29.4 Å². The second kappa shape index (κ2) is 9.00. The van der Waals surface area contributed by atoms with Crippen LogP contribution < -0.4 is 10.2 Å². The summed E-state index contributed by atoms with van der Waals surface area (Å²) in [6.07, 6.45) is 2.44. The fourth-order valence-corrected chi connectivity index (χ4v) is 6.77. The number of anilines is 2. The maximum absolute atomic E-state index is 13.6. The van der Waals surface area contributed by atoms with Gasteiger partial charge in [-0.3, -0.25) is 9.69 Å². The molecule has 4 aliphatic rings. The van der Waals surface area contributed by atoms with Crippen LogP contribution in [0, 0.1) is 11.3 Å². The minimum absolute atomic E-state index is 0.129. The Balaban J connectivity index is 1.13. The van der Waals surface area contributed by atoms with Crippen LogP contribution in [0.25, 0.3) is 10.8 Å². The van der Waals surface area contributed by atoms with E-state index in [1.807, 2.05) is 18.2 Å². The second-order valence-electron chi connectivity index (χ2n) is 11.5. The molecule has 0 unspecified atom stereocenters. The molecule has 0 radical (unpaired) electrons. The van der Waals surface area contributed by atoms with Crippen LogP contribution >= 0.6 is 11.6 Å². The largest absolute Gasteiger partial charge is 0.389 e. The molecule has 2 saturated heterocycles. The predicted molar refractivity (Wildman–Crippen MR) is 138 cm³/mol. The van der Waals surface area contributed by atoms with Gasteiger partial charge in [0.15, 0.2) is 0 Å². The van der Waals surface area contributed by atoms with Gasteiger partial charge in [-0.1, -0.05) is 11.6 Å². The highest BCUT2D eigenvalue weighted by Gasteiger charge is 2.61. The van der Waals surface area contributed by atoms with Gasteiger partial charge in [-0.25, -0.2) is 13.8 Å². The standard InChI is InChI=1S/C27H33ClF2N4O3/c1-25(16-37-15-22(25)35)34-8-6-33(7-9-34)21-11-17-12-23(31-14-18(17)10-20(21)28)32-24(36)19-13-26(19)2-4-27(29,30)5-3-26/h10-12,14,19,22,35H,2-9,13,15-16H2,1H3,(H,31,32,36)/t19-,22+,25-/m0/s1. The average Bonchev–Trinajstić information content (AvgIpc) is 3.49. The highest BCUT2D eigenvalue weighted by Crippen LogP contribution is 2.63. The predicted octanol–water partition coefficient (Wildman–Crippen LogP) is 4.31. The van der Waals surface area contributed by atoms with E-state index in [1.165, 1.54) is 0 Å². The third kappa shape index (κ3) is 4.58. The molecular formula is C27H33ClF2N4O3. The molecule has 1 aromatic carbocycles. The van der Waals surface area contributed by atoms with Gasteiger partial charge in [0.05, 0.1) is 35.6 Å². The van der Waals surface area contributed by atoms with E-state index in [2.05, 4.69) is 27.0 Å². The molecule has 4 fully saturated rings. The number of aliphatic hydroxyl groups excluding tert-OH is 1. The molecule has 1 amide bonds. The first-order valence-corrected chi connectivity index (χ1v) is 13.5. The normalized spacial score (nSPS) is 31.1. The van der Waals surface area contributed by atoms with Crippen molar-refractivity contribution in [3.8, 4) is 0 Å². The summed E-state index contributed by atoms with van der Waals surface area (Å²) >= 11 is 6.66. The number of amides is 1. The molecule has 1 aromatic heterocycles. The number of pyridine rings is 1. The van der Waals surface area contributed by atoms with Gasteiger partial charge in [0, 0.05) is 56.5 Å². The number of halogens is 3. The van der Waals surface area contributed by atoms with Crippen molar-refractivity contribution < 1.29 is 23.4 Å². The Morgan fingerprint density at radius 2 is 1.86 bits per heavy atom. The summed E-state index contributed by atoms with van der Waals surface area (Å²) in [6.45, 7) is 6.07. The van der Waals surface area contributed by atoms with E-state index in [4.69, 9.17) is 16.3 Å². The Hall–Kier alpha value is -2.07. The van der Waals surface area contributed by atoms with E-state index in [1.54, 1.807) is 6.20 Å². The molecule has 0 bridgehead atoms. The van der Waals surface area contributed by atoms with E-state index >= 15 is 0 Å². The summed E-state index contributed by atoms with van der Waals surface area (Å²) in [7, 11) is 0. The van der Waals surface area contributed by atoms with Gasteiger partial charge in [0.25, 0.3) is 0 Å². The van der Waals surface area contributed by atoms with E-state index in [-0.39, 0.29) is 35.6 Å². The smallest absolute Gasteiger partial charge is 0.248 e. The van der Waals surface area contributed by atoms with Crippen LogP contribution in [0.5, 0.6) is 0 Å². The lowest BCUT2D eigenvalue weighted by Gasteiger charge is -2.45. The summed E-state index contributed by atoms with van der Waals surface area (Å²) in [5.41, 5.74) is 0.301. The van der Waals surface area contributed by atoms with Crippen molar-refractivity contribution in [1.82, 2.24) is 9.88 Å². The summed E-state index contributed by atoms with van der Waals surface area (Å²) in [5, 5.41) is 15.8. The van der Waals surface area contributed by atoms with Gasteiger partial charge < -0.3 is 20.1 Å². The first-order valence-electron chi connectivity index (χ1n) is 13.1. The maximum Gasteiger partial charge on any atom is 0.248 e. The van der Waals surface area contributed by atoms with Crippen molar-refractivity contribution in [1.29, 1.82) is 0 Å². The van der Waals surface area contributed by atoms with Crippen LogP contribution in [0.15, 0.2) is 24.4 Å². The molecule has 7 nitrogen and oxygen atoms in total. The molecule has 37 heavy (non-hydrogen) atoms. The minimum atomic E-state index is -2.59. The first kappa shape index (κ1) is 25.2. The van der Waals surface area contributed by atoms with Crippen molar-refractivity contribution >= 4 is 39.8 Å². The molecule has 6 rings (SSSR count). The Morgan fingerprint density at radius 1 is 1.14 bits per heavy atom. The summed E-state index contributed by atoms with van der Waals surface area (Å²) < 4.78 is 32.7. The Morgan fingerprint density at radius 3 is 2.54 bits per heavy atom. The van der Waals surface area contributed by atoms with Gasteiger partial charge >= 0.3 is 0 Å². The van der Waals surface area contributed by atoms with Gasteiger partial charge in [0.1, 0.15) is 5.82 Å². The zero-order chi connectivity index (χ0) is 26.0. The first-order chi connectivity index (χ1) is 17.6. The number of aliphatic hydroxyl groups is 1. The van der Waals surface area contributed by atoms with Gasteiger partial charge in [0.2, 0.25) is 11.8 Å². The molecule has 1 spiro atoms. The number of alkyl halides is 2. The van der Waals surface area contributed by atoms with Crippen LogP contribution in [0.2, 0.25) is 5.02 Å². The highest BCUT2D eigenvalue weighted by molar-refractivity contribution is 6.34. The number of carbonyl (C=O) groups is 1. The monoisotopic (exact) mass is 534 g/mol. The zero-order valence-electron chi connectivity index (χ0n) is 21.0. The van der Waals surface area contributed by atoms with E-state index in [0.29, 0.717) is 43.3 Å². The molecule has 2 aromatic rings. The number of benzene rings is 1. The molecule has 10 heteroatoms. The third-order valence-corrected chi connectivity index (χ3v) is 9.56. The summed E-state index contributed by atoms with van der Waals surface area (Å²) in [4.78, 5) is 21.8. The fourth-order valence-electron chi connectivity index (χ4n) is 6.48. The second-order valence-corrected chi connectivity index (χ2v) is 12.0.